The maximum absolute atomic E-state index is 6.20. The number of rotatable bonds is 8. The molecule has 1 heterocycles. The minimum atomic E-state index is 0.477. The van der Waals surface area contributed by atoms with Gasteiger partial charge in [-0.25, -0.2) is 0 Å². The number of ether oxygens (including phenoxy) is 2. The van der Waals surface area contributed by atoms with Crippen molar-refractivity contribution in [1.82, 2.24) is 10.2 Å². The lowest BCUT2D eigenvalue weighted by Crippen LogP contribution is -2.40. The molecule has 0 saturated carbocycles. The van der Waals surface area contributed by atoms with E-state index in [1.165, 1.54) is 0 Å². The predicted molar refractivity (Wildman–Crippen MR) is 101 cm³/mol. The van der Waals surface area contributed by atoms with Gasteiger partial charge in [0.05, 0.1) is 13.2 Å². The maximum atomic E-state index is 6.20. The fourth-order valence-electron chi connectivity index (χ4n) is 2.85. The molecule has 1 aliphatic rings. The summed E-state index contributed by atoms with van der Waals surface area (Å²) in [5, 5.41) is 4.25. The number of hydrogen-bond acceptors (Lipinski definition) is 4. The summed E-state index contributed by atoms with van der Waals surface area (Å²) in [6, 6.07) is 15.9. The molecule has 25 heavy (non-hydrogen) atoms. The second-order valence-corrected chi connectivity index (χ2v) is 6.53. The molecular formula is C20H25ClN2O2. The predicted octanol–water partition coefficient (Wildman–Crippen LogP) is 3.34. The molecule has 1 fully saturated rings. The Morgan fingerprint density at radius 1 is 1.00 bits per heavy atom. The van der Waals surface area contributed by atoms with Crippen molar-refractivity contribution in [3.05, 3.63) is 64.7 Å². The van der Waals surface area contributed by atoms with Crippen LogP contribution in [0.1, 0.15) is 11.1 Å². The Morgan fingerprint density at radius 2 is 1.72 bits per heavy atom. The lowest BCUT2D eigenvalue weighted by molar-refractivity contribution is 0.0384. The number of nitrogens with one attached hydrogen (secondary N) is 1. The van der Waals surface area contributed by atoms with Gasteiger partial charge in [0.1, 0.15) is 12.4 Å². The first-order valence-electron chi connectivity index (χ1n) is 8.78. The first kappa shape index (κ1) is 18.2. The van der Waals surface area contributed by atoms with E-state index >= 15 is 0 Å². The molecule has 0 aromatic heterocycles. The normalized spacial score (nSPS) is 15.2. The average molecular weight is 361 g/mol. The van der Waals surface area contributed by atoms with Gasteiger partial charge in [0.25, 0.3) is 0 Å². The highest BCUT2D eigenvalue weighted by atomic mass is 35.5. The Hall–Kier alpha value is -1.59. The lowest BCUT2D eigenvalue weighted by atomic mass is 10.2. The fourth-order valence-corrected chi connectivity index (χ4v) is 3.04. The molecule has 0 spiro atoms. The number of nitrogens with zero attached hydrogens (tertiary/aromatic N) is 1. The summed E-state index contributed by atoms with van der Waals surface area (Å²) in [4.78, 5) is 2.43. The number of hydrogen-bond donors (Lipinski definition) is 1. The van der Waals surface area contributed by atoms with E-state index in [0.717, 1.165) is 67.8 Å². The average Bonchev–Trinajstić information content (AvgIpc) is 2.66. The zero-order valence-corrected chi connectivity index (χ0v) is 15.2. The van der Waals surface area contributed by atoms with Gasteiger partial charge in [-0.15, -0.1) is 0 Å². The molecule has 0 radical (unpaired) electrons. The van der Waals surface area contributed by atoms with E-state index in [4.69, 9.17) is 21.1 Å². The molecule has 1 N–H and O–H groups in total. The number of para-hydroxylation sites is 1. The van der Waals surface area contributed by atoms with E-state index in [-0.39, 0.29) is 0 Å². The Morgan fingerprint density at radius 3 is 2.52 bits per heavy atom. The third-order valence-corrected chi connectivity index (χ3v) is 4.71. The number of halogens is 1. The molecule has 5 heteroatoms. The molecule has 0 bridgehead atoms. The summed E-state index contributed by atoms with van der Waals surface area (Å²) in [6.45, 7) is 7.02. The number of benzene rings is 2. The number of morpholine rings is 1. The monoisotopic (exact) mass is 360 g/mol. The molecule has 2 aromatic carbocycles. The zero-order chi connectivity index (χ0) is 17.3. The molecule has 134 valence electrons. The summed E-state index contributed by atoms with van der Waals surface area (Å²) in [7, 11) is 0. The zero-order valence-electron chi connectivity index (χ0n) is 14.4. The fraction of sp³-hybridized carbons (Fsp3) is 0.400. The second kappa shape index (κ2) is 9.78. The van der Waals surface area contributed by atoms with Crippen molar-refractivity contribution in [1.29, 1.82) is 0 Å². The molecule has 1 saturated heterocycles. The van der Waals surface area contributed by atoms with Crippen molar-refractivity contribution in [2.75, 3.05) is 39.4 Å². The minimum absolute atomic E-state index is 0.477. The molecular weight excluding hydrogens is 336 g/mol. The summed E-state index contributed by atoms with van der Waals surface area (Å²) in [5.74, 6) is 0.904. The van der Waals surface area contributed by atoms with Crippen molar-refractivity contribution in [2.24, 2.45) is 0 Å². The summed E-state index contributed by atoms with van der Waals surface area (Å²) >= 11 is 6.20. The Bertz CT molecular complexity index is 660. The van der Waals surface area contributed by atoms with Gasteiger partial charge in [0, 0.05) is 48.9 Å². The van der Waals surface area contributed by atoms with E-state index in [2.05, 4.69) is 16.3 Å². The van der Waals surface area contributed by atoms with E-state index in [9.17, 15) is 0 Å². The van der Waals surface area contributed by atoms with Gasteiger partial charge in [-0.3, -0.25) is 4.90 Å². The highest BCUT2D eigenvalue weighted by molar-refractivity contribution is 6.31. The molecule has 3 rings (SSSR count). The standard InChI is InChI=1S/C20H25ClN2O2/c21-19-7-3-1-6-18(19)16-25-20-8-4-2-5-17(20)15-22-9-10-23-11-13-24-14-12-23/h1-8,22H,9-16H2. The molecule has 0 aliphatic carbocycles. The van der Waals surface area contributed by atoms with Crippen LogP contribution in [0.25, 0.3) is 0 Å². The van der Waals surface area contributed by atoms with Crippen molar-refractivity contribution in [2.45, 2.75) is 13.2 Å². The van der Waals surface area contributed by atoms with Gasteiger partial charge >= 0.3 is 0 Å². The SMILES string of the molecule is Clc1ccccc1COc1ccccc1CNCCN1CCOCC1. The van der Waals surface area contributed by atoms with Gasteiger partial charge in [-0.2, -0.15) is 0 Å². The van der Waals surface area contributed by atoms with Crippen LogP contribution in [0.5, 0.6) is 5.75 Å². The summed E-state index contributed by atoms with van der Waals surface area (Å²) in [6.07, 6.45) is 0. The van der Waals surface area contributed by atoms with Crippen LogP contribution < -0.4 is 10.1 Å². The molecule has 0 unspecified atom stereocenters. The smallest absolute Gasteiger partial charge is 0.124 e. The largest absolute Gasteiger partial charge is 0.489 e. The lowest BCUT2D eigenvalue weighted by Gasteiger charge is -2.26. The van der Waals surface area contributed by atoms with Gasteiger partial charge in [-0.05, 0) is 12.1 Å². The molecule has 0 amide bonds. The van der Waals surface area contributed by atoms with Crippen molar-refractivity contribution in [3.8, 4) is 5.75 Å². The Labute approximate surface area is 154 Å². The van der Waals surface area contributed by atoms with Crippen molar-refractivity contribution < 1.29 is 9.47 Å². The first-order chi connectivity index (χ1) is 12.3. The quantitative estimate of drug-likeness (QED) is 0.732. The topological polar surface area (TPSA) is 33.7 Å². The first-order valence-corrected chi connectivity index (χ1v) is 9.15. The van der Waals surface area contributed by atoms with E-state index in [0.29, 0.717) is 6.61 Å². The highest BCUT2D eigenvalue weighted by Crippen LogP contribution is 2.21. The highest BCUT2D eigenvalue weighted by Gasteiger charge is 2.09. The minimum Gasteiger partial charge on any atom is -0.489 e. The van der Waals surface area contributed by atoms with Crippen LogP contribution in [0.3, 0.4) is 0 Å². The van der Waals surface area contributed by atoms with Gasteiger partial charge < -0.3 is 14.8 Å². The molecule has 1 aliphatic heterocycles. The van der Waals surface area contributed by atoms with Gasteiger partial charge in [0.15, 0.2) is 0 Å². The summed E-state index contributed by atoms with van der Waals surface area (Å²) in [5.41, 5.74) is 2.16. The van der Waals surface area contributed by atoms with Crippen LogP contribution in [0.2, 0.25) is 5.02 Å². The summed E-state index contributed by atoms with van der Waals surface area (Å²) < 4.78 is 11.4. The second-order valence-electron chi connectivity index (χ2n) is 6.12. The molecule has 4 nitrogen and oxygen atoms in total. The third kappa shape index (κ3) is 5.72. The van der Waals surface area contributed by atoms with Gasteiger partial charge in [0.2, 0.25) is 0 Å². The Balaban J connectivity index is 1.47. The third-order valence-electron chi connectivity index (χ3n) is 4.34. The van der Waals surface area contributed by atoms with Crippen molar-refractivity contribution in [3.63, 3.8) is 0 Å². The van der Waals surface area contributed by atoms with Crippen LogP contribution in [0.4, 0.5) is 0 Å². The van der Waals surface area contributed by atoms with Crippen molar-refractivity contribution >= 4 is 11.6 Å². The van der Waals surface area contributed by atoms with Crippen LogP contribution in [-0.2, 0) is 17.9 Å². The van der Waals surface area contributed by atoms with Gasteiger partial charge in [-0.1, -0.05) is 48.0 Å². The van der Waals surface area contributed by atoms with Crippen LogP contribution in [0.15, 0.2) is 48.5 Å². The van der Waals surface area contributed by atoms with Crippen LogP contribution in [-0.4, -0.2) is 44.3 Å². The molecule has 2 aromatic rings. The Kier molecular flexibility index (Phi) is 7.12. The molecule has 0 atom stereocenters. The van der Waals surface area contributed by atoms with Crippen LogP contribution >= 0.6 is 11.6 Å². The maximum Gasteiger partial charge on any atom is 0.124 e. The van der Waals surface area contributed by atoms with E-state index < -0.39 is 0 Å². The van der Waals surface area contributed by atoms with E-state index in [1.54, 1.807) is 0 Å². The van der Waals surface area contributed by atoms with Crippen LogP contribution in [0, 0.1) is 0 Å². The van der Waals surface area contributed by atoms with E-state index in [1.807, 2.05) is 42.5 Å².